The lowest BCUT2D eigenvalue weighted by molar-refractivity contribution is 0.236. The highest BCUT2D eigenvalue weighted by Crippen LogP contribution is 2.24. The predicted molar refractivity (Wildman–Crippen MR) is 63.0 cm³/mol. The van der Waals surface area contributed by atoms with Gasteiger partial charge in [0, 0.05) is 18.8 Å². The van der Waals surface area contributed by atoms with Gasteiger partial charge in [-0.1, -0.05) is 17.3 Å². The molecule has 0 bridgehead atoms. The van der Waals surface area contributed by atoms with E-state index in [1.165, 1.54) is 17.5 Å². The summed E-state index contributed by atoms with van der Waals surface area (Å²) in [6, 6.07) is 6.12. The molecule has 0 aliphatic carbocycles. The van der Waals surface area contributed by atoms with Crippen molar-refractivity contribution in [2.75, 3.05) is 12.3 Å². The standard InChI is InChI=1S/C12H14N4O/c13-11-3-1-2-9-4-5-16(6-10(9)11)7-12-14-8-17-15-12/h1-3,8H,4-7,13H2. The Morgan fingerprint density at radius 2 is 2.35 bits per heavy atom. The number of hydrogen-bond acceptors (Lipinski definition) is 5. The van der Waals surface area contributed by atoms with Crippen LogP contribution in [0.15, 0.2) is 29.1 Å². The van der Waals surface area contributed by atoms with Crippen molar-refractivity contribution >= 4 is 5.69 Å². The minimum atomic E-state index is 0.713. The molecule has 0 spiro atoms. The number of hydrogen-bond donors (Lipinski definition) is 1. The maximum Gasteiger partial charge on any atom is 0.213 e. The topological polar surface area (TPSA) is 68.2 Å². The van der Waals surface area contributed by atoms with E-state index in [-0.39, 0.29) is 0 Å². The van der Waals surface area contributed by atoms with E-state index < -0.39 is 0 Å². The van der Waals surface area contributed by atoms with Crippen LogP contribution in [0.1, 0.15) is 17.0 Å². The van der Waals surface area contributed by atoms with Crippen LogP contribution in [-0.4, -0.2) is 21.6 Å². The van der Waals surface area contributed by atoms with Crippen LogP contribution in [0, 0.1) is 0 Å². The van der Waals surface area contributed by atoms with Crippen molar-refractivity contribution in [3.63, 3.8) is 0 Å². The van der Waals surface area contributed by atoms with Gasteiger partial charge in [0.25, 0.3) is 0 Å². The van der Waals surface area contributed by atoms with Crippen molar-refractivity contribution in [1.29, 1.82) is 0 Å². The Morgan fingerprint density at radius 1 is 1.41 bits per heavy atom. The van der Waals surface area contributed by atoms with Crippen LogP contribution in [0.4, 0.5) is 5.69 Å². The zero-order valence-electron chi connectivity index (χ0n) is 9.47. The van der Waals surface area contributed by atoms with Crippen LogP contribution < -0.4 is 5.73 Å². The van der Waals surface area contributed by atoms with Crippen molar-refractivity contribution < 1.29 is 4.52 Å². The first-order chi connectivity index (χ1) is 8.33. The summed E-state index contributed by atoms with van der Waals surface area (Å²) in [7, 11) is 0. The van der Waals surface area contributed by atoms with Crippen molar-refractivity contribution in [1.82, 2.24) is 15.0 Å². The predicted octanol–water partition coefficient (Wildman–Crippen LogP) is 1.21. The van der Waals surface area contributed by atoms with Gasteiger partial charge in [-0.2, -0.15) is 4.98 Å². The van der Waals surface area contributed by atoms with Crippen LogP contribution in [0.5, 0.6) is 0 Å². The van der Waals surface area contributed by atoms with Gasteiger partial charge in [0.05, 0.1) is 6.54 Å². The van der Waals surface area contributed by atoms with Crippen LogP contribution in [0.25, 0.3) is 0 Å². The van der Waals surface area contributed by atoms with Gasteiger partial charge in [0.1, 0.15) is 0 Å². The van der Waals surface area contributed by atoms with Gasteiger partial charge in [-0.3, -0.25) is 4.90 Å². The van der Waals surface area contributed by atoms with E-state index >= 15 is 0 Å². The van der Waals surface area contributed by atoms with E-state index in [9.17, 15) is 0 Å². The second-order valence-electron chi connectivity index (χ2n) is 4.29. The summed E-state index contributed by atoms with van der Waals surface area (Å²) < 4.78 is 4.74. The zero-order valence-corrected chi connectivity index (χ0v) is 9.47. The number of nitrogens with zero attached hydrogens (tertiary/aromatic N) is 3. The molecule has 0 saturated carbocycles. The summed E-state index contributed by atoms with van der Waals surface area (Å²) in [6.45, 7) is 2.58. The summed E-state index contributed by atoms with van der Waals surface area (Å²) in [6.07, 6.45) is 2.39. The number of rotatable bonds is 2. The van der Waals surface area contributed by atoms with Gasteiger partial charge in [-0.15, -0.1) is 0 Å². The van der Waals surface area contributed by atoms with Gasteiger partial charge in [0.15, 0.2) is 5.82 Å². The van der Waals surface area contributed by atoms with Gasteiger partial charge < -0.3 is 10.3 Å². The number of nitrogen functional groups attached to an aromatic ring is 1. The normalized spacial score (nSPS) is 15.8. The maximum atomic E-state index is 6.00. The van der Waals surface area contributed by atoms with E-state index in [4.69, 9.17) is 10.3 Å². The summed E-state index contributed by atoms with van der Waals surface area (Å²) >= 11 is 0. The van der Waals surface area contributed by atoms with Gasteiger partial charge in [-0.05, 0) is 23.6 Å². The molecule has 1 aromatic heterocycles. The fourth-order valence-electron chi connectivity index (χ4n) is 2.26. The number of fused-ring (bicyclic) bond motifs is 1. The zero-order chi connectivity index (χ0) is 11.7. The third-order valence-corrected chi connectivity index (χ3v) is 3.16. The van der Waals surface area contributed by atoms with Gasteiger partial charge in [-0.25, -0.2) is 0 Å². The Morgan fingerprint density at radius 3 is 3.18 bits per heavy atom. The smallest absolute Gasteiger partial charge is 0.213 e. The highest BCUT2D eigenvalue weighted by molar-refractivity contribution is 5.51. The molecule has 2 heterocycles. The van der Waals surface area contributed by atoms with E-state index in [1.54, 1.807) is 0 Å². The molecule has 0 unspecified atom stereocenters. The lowest BCUT2D eigenvalue weighted by Gasteiger charge is -2.28. The molecule has 1 aliphatic rings. The summed E-state index contributed by atoms with van der Waals surface area (Å²) in [5.41, 5.74) is 9.47. The fourth-order valence-corrected chi connectivity index (χ4v) is 2.26. The molecule has 1 aliphatic heterocycles. The van der Waals surface area contributed by atoms with Crippen LogP contribution >= 0.6 is 0 Å². The van der Waals surface area contributed by atoms with Crippen molar-refractivity contribution in [3.05, 3.63) is 41.5 Å². The van der Waals surface area contributed by atoms with Gasteiger partial charge >= 0.3 is 0 Å². The first-order valence-corrected chi connectivity index (χ1v) is 5.67. The van der Waals surface area contributed by atoms with Crippen molar-refractivity contribution in [2.24, 2.45) is 0 Å². The highest BCUT2D eigenvalue weighted by atomic mass is 16.5. The molecule has 0 fully saturated rings. The molecule has 3 rings (SSSR count). The van der Waals surface area contributed by atoms with E-state index in [0.29, 0.717) is 6.54 Å². The van der Waals surface area contributed by atoms with Gasteiger partial charge in [0.2, 0.25) is 6.39 Å². The molecule has 5 nitrogen and oxygen atoms in total. The molecule has 0 atom stereocenters. The third-order valence-electron chi connectivity index (χ3n) is 3.16. The minimum Gasteiger partial charge on any atom is -0.398 e. The molecule has 2 aromatic rings. The molecular weight excluding hydrogens is 216 g/mol. The van der Waals surface area contributed by atoms with E-state index in [0.717, 1.165) is 31.0 Å². The monoisotopic (exact) mass is 230 g/mol. The summed E-state index contributed by atoms with van der Waals surface area (Å²) in [5, 5.41) is 3.83. The average Bonchev–Trinajstić information content (AvgIpc) is 2.83. The number of benzene rings is 1. The number of nitrogens with two attached hydrogens (primary N) is 1. The maximum absolute atomic E-state index is 6.00. The summed E-state index contributed by atoms with van der Waals surface area (Å²) in [4.78, 5) is 6.32. The number of anilines is 1. The van der Waals surface area contributed by atoms with Crippen molar-refractivity contribution in [3.8, 4) is 0 Å². The lowest BCUT2D eigenvalue weighted by atomic mass is 9.98. The molecule has 0 saturated heterocycles. The highest BCUT2D eigenvalue weighted by Gasteiger charge is 2.19. The second kappa shape index (κ2) is 4.18. The average molecular weight is 230 g/mol. The molecule has 0 amide bonds. The Hall–Kier alpha value is -1.88. The minimum absolute atomic E-state index is 0.713. The number of aromatic nitrogens is 2. The molecular formula is C12H14N4O. The Balaban J connectivity index is 1.78. The second-order valence-corrected chi connectivity index (χ2v) is 4.29. The van der Waals surface area contributed by atoms with Crippen LogP contribution in [-0.2, 0) is 19.5 Å². The molecule has 5 heteroatoms. The Bertz CT molecular complexity index is 509. The molecule has 88 valence electrons. The molecule has 2 N–H and O–H groups in total. The third kappa shape index (κ3) is 2.01. The largest absolute Gasteiger partial charge is 0.398 e. The lowest BCUT2D eigenvalue weighted by Crippen LogP contribution is -2.31. The Labute approximate surface area is 99.2 Å². The van der Waals surface area contributed by atoms with Crippen LogP contribution in [0.3, 0.4) is 0 Å². The Kier molecular flexibility index (Phi) is 2.53. The first kappa shape index (κ1) is 10.3. The molecule has 1 aromatic carbocycles. The van der Waals surface area contributed by atoms with E-state index in [2.05, 4.69) is 21.1 Å². The van der Waals surface area contributed by atoms with Crippen LogP contribution in [0.2, 0.25) is 0 Å². The first-order valence-electron chi connectivity index (χ1n) is 5.67. The molecule has 17 heavy (non-hydrogen) atoms. The van der Waals surface area contributed by atoms with Crippen molar-refractivity contribution in [2.45, 2.75) is 19.5 Å². The van der Waals surface area contributed by atoms with E-state index in [1.807, 2.05) is 12.1 Å². The fraction of sp³-hybridized carbons (Fsp3) is 0.333. The molecule has 0 radical (unpaired) electrons. The SMILES string of the molecule is Nc1cccc2c1CN(Cc1ncon1)CC2. The summed E-state index contributed by atoms with van der Waals surface area (Å²) in [5.74, 6) is 0.725. The quantitative estimate of drug-likeness (QED) is 0.785.